The molecule has 1 unspecified atom stereocenters. The lowest BCUT2D eigenvalue weighted by atomic mass is 9.86. The van der Waals surface area contributed by atoms with Crippen molar-refractivity contribution >= 4 is 23.2 Å². The van der Waals surface area contributed by atoms with E-state index in [1.807, 2.05) is 18.2 Å². The topological polar surface area (TPSA) is 29.3 Å². The van der Waals surface area contributed by atoms with Gasteiger partial charge in [0.15, 0.2) is 0 Å². The van der Waals surface area contributed by atoms with E-state index in [1.54, 1.807) is 0 Å². The minimum Gasteiger partial charge on any atom is -0.329 e. The largest absolute Gasteiger partial charge is 0.329 e. The van der Waals surface area contributed by atoms with E-state index in [2.05, 4.69) is 18.9 Å². The molecule has 4 heteroatoms. The first kappa shape index (κ1) is 16.1. The maximum absolute atomic E-state index is 6.36. The first-order chi connectivity index (χ1) is 9.54. The summed E-state index contributed by atoms with van der Waals surface area (Å²) in [6.07, 6.45) is 5.09. The summed E-state index contributed by atoms with van der Waals surface area (Å²) in [6, 6.07) is 6.54. The van der Waals surface area contributed by atoms with Gasteiger partial charge in [-0.15, -0.1) is 0 Å². The summed E-state index contributed by atoms with van der Waals surface area (Å²) in [5, 5.41) is 1.24. The third kappa shape index (κ3) is 3.48. The Hall–Kier alpha value is -0.280. The molecule has 1 fully saturated rings. The molecule has 1 aliphatic carbocycles. The molecule has 1 aromatic carbocycles. The number of rotatable bonds is 4. The van der Waals surface area contributed by atoms with E-state index >= 15 is 0 Å². The van der Waals surface area contributed by atoms with Gasteiger partial charge in [0.1, 0.15) is 0 Å². The highest BCUT2D eigenvalue weighted by Gasteiger charge is 2.28. The van der Waals surface area contributed by atoms with Crippen LogP contribution in [-0.4, -0.2) is 24.5 Å². The summed E-state index contributed by atoms with van der Waals surface area (Å²) in [7, 11) is 2.16. The predicted molar refractivity (Wildman–Crippen MR) is 87.4 cm³/mol. The summed E-state index contributed by atoms with van der Waals surface area (Å²) in [5.74, 6) is 0.853. The fourth-order valence-electron chi connectivity index (χ4n) is 3.19. The van der Waals surface area contributed by atoms with Gasteiger partial charge in [0.2, 0.25) is 0 Å². The van der Waals surface area contributed by atoms with Gasteiger partial charge in [-0.2, -0.15) is 0 Å². The third-order valence-electron chi connectivity index (χ3n) is 4.62. The minimum atomic E-state index is 0.139. The van der Waals surface area contributed by atoms with Crippen LogP contribution in [0.3, 0.4) is 0 Å². The average molecular weight is 315 g/mol. The predicted octanol–water partition coefficient (Wildman–Crippen LogP) is 4.50. The second kappa shape index (κ2) is 7.13. The van der Waals surface area contributed by atoms with Crippen LogP contribution in [0, 0.1) is 5.92 Å². The molecule has 0 spiro atoms. The van der Waals surface area contributed by atoms with E-state index in [0.29, 0.717) is 22.6 Å². The Morgan fingerprint density at radius 2 is 1.90 bits per heavy atom. The molecule has 0 amide bonds. The van der Waals surface area contributed by atoms with Crippen LogP contribution in [0.25, 0.3) is 0 Å². The van der Waals surface area contributed by atoms with Crippen molar-refractivity contribution in [2.45, 2.75) is 44.7 Å². The van der Waals surface area contributed by atoms with Crippen LogP contribution in [0.4, 0.5) is 0 Å². The second-order valence-corrected chi connectivity index (χ2v) is 6.76. The molecule has 1 saturated carbocycles. The average Bonchev–Trinajstić information content (AvgIpc) is 2.45. The summed E-state index contributed by atoms with van der Waals surface area (Å²) >= 11 is 12.5. The summed E-state index contributed by atoms with van der Waals surface area (Å²) in [4.78, 5) is 2.39. The fraction of sp³-hybridized carbons (Fsp3) is 0.625. The van der Waals surface area contributed by atoms with Crippen molar-refractivity contribution in [1.29, 1.82) is 0 Å². The molecule has 2 rings (SSSR count). The molecule has 2 N–H and O–H groups in total. The molecule has 1 aromatic rings. The van der Waals surface area contributed by atoms with Crippen LogP contribution in [0.5, 0.6) is 0 Å². The molecule has 1 aliphatic rings. The van der Waals surface area contributed by atoms with Crippen molar-refractivity contribution in [3.05, 3.63) is 33.8 Å². The first-order valence-corrected chi connectivity index (χ1v) is 8.16. The number of hydrogen-bond donors (Lipinski definition) is 1. The second-order valence-electron chi connectivity index (χ2n) is 5.97. The molecular weight excluding hydrogens is 291 g/mol. The molecule has 0 aromatic heterocycles. The van der Waals surface area contributed by atoms with Crippen LogP contribution in [0.1, 0.15) is 44.2 Å². The summed E-state index contributed by atoms with van der Waals surface area (Å²) in [5.41, 5.74) is 7.06. The van der Waals surface area contributed by atoms with Gasteiger partial charge in [0, 0.05) is 18.6 Å². The van der Waals surface area contributed by atoms with Crippen molar-refractivity contribution < 1.29 is 0 Å². The monoisotopic (exact) mass is 314 g/mol. The molecule has 0 bridgehead atoms. The quantitative estimate of drug-likeness (QED) is 0.886. The van der Waals surface area contributed by atoms with Gasteiger partial charge in [-0.1, -0.05) is 42.3 Å². The maximum atomic E-state index is 6.36. The smallest absolute Gasteiger partial charge is 0.0640 e. The highest BCUT2D eigenvalue weighted by Crippen LogP contribution is 2.35. The van der Waals surface area contributed by atoms with Gasteiger partial charge in [0.25, 0.3) is 0 Å². The molecule has 2 nitrogen and oxygen atoms in total. The van der Waals surface area contributed by atoms with Gasteiger partial charge in [-0.05, 0) is 50.3 Å². The molecule has 112 valence electrons. The lowest BCUT2D eigenvalue weighted by Gasteiger charge is -2.38. The van der Waals surface area contributed by atoms with Gasteiger partial charge < -0.3 is 5.73 Å². The van der Waals surface area contributed by atoms with E-state index < -0.39 is 0 Å². The Bertz CT molecular complexity index is 442. The van der Waals surface area contributed by atoms with E-state index in [4.69, 9.17) is 28.9 Å². The summed E-state index contributed by atoms with van der Waals surface area (Å²) < 4.78 is 0. The zero-order valence-corrected chi connectivity index (χ0v) is 13.8. The van der Waals surface area contributed by atoms with Crippen LogP contribution in [0.2, 0.25) is 10.0 Å². The van der Waals surface area contributed by atoms with Crippen molar-refractivity contribution in [1.82, 2.24) is 4.90 Å². The molecule has 0 radical (unpaired) electrons. The minimum absolute atomic E-state index is 0.139. The van der Waals surface area contributed by atoms with Crippen LogP contribution in [0.15, 0.2) is 18.2 Å². The number of hydrogen-bond acceptors (Lipinski definition) is 2. The number of benzene rings is 1. The number of likely N-dealkylation sites (N-methyl/N-ethyl adjacent to an activating group) is 1. The molecule has 0 saturated heterocycles. The van der Waals surface area contributed by atoms with Gasteiger partial charge in [-0.25, -0.2) is 0 Å². The van der Waals surface area contributed by atoms with Crippen LogP contribution >= 0.6 is 23.2 Å². The van der Waals surface area contributed by atoms with E-state index in [1.165, 1.54) is 25.7 Å². The Kier molecular flexibility index (Phi) is 5.74. The number of halogens is 2. The van der Waals surface area contributed by atoms with E-state index in [0.717, 1.165) is 11.5 Å². The SMILES string of the molecule is CC1CCC(N(C)C(CN)c2cccc(Cl)c2Cl)CC1. The van der Waals surface area contributed by atoms with E-state index in [-0.39, 0.29) is 6.04 Å². The first-order valence-electron chi connectivity index (χ1n) is 7.40. The Morgan fingerprint density at radius 1 is 1.25 bits per heavy atom. The van der Waals surface area contributed by atoms with Crippen LogP contribution in [-0.2, 0) is 0 Å². The lowest BCUT2D eigenvalue weighted by molar-refractivity contribution is 0.126. The molecule has 0 heterocycles. The number of nitrogens with two attached hydrogens (primary N) is 1. The van der Waals surface area contributed by atoms with Crippen LogP contribution < -0.4 is 5.73 Å². The standard InChI is InChI=1S/C16H24Cl2N2/c1-11-6-8-12(9-7-11)20(2)15(10-19)13-4-3-5-14(17)16(13)18/h3-5,11-12,15H,6-10,19H2,1-2H3. The Labute approximate surface area is 132 Å². The fourth-order valence-corrected chi connectivity index (χ4v) is 3.63. The van der Waals surface area contributed by atoms with Gasteiger partial charge >= 0.3 is 0 Å². The molecule has 0 aliphatic heterocycles. The Balaban J connectivity index is 2.17. The van der Waals surface area contributed by atoms with Gasteiger partial charge in [0.05, 0.1) is 10.0 Å². The van der Waals surface area contributed by atoms with Crippen molar-refractivity contribution in [2.75, 3.05) is 13.6 Å². The normalized spacial score (nSPS) is 24.9. The third-order valence-corrected chi connectivity index (χ3v) is 5.45. The number of nitrogens with zero attached hydrogens (tertiary/aromatic N) is 1. The highest BCUT2D eigenvalue weighted by molar-refractivity contribution is 6.42. The summed E-state index contributed by atoms with van der Waals surface area (Å²) in [6.45, 7) is 2.90. The zero-order valence-electron chi connectivity index (χ0n) is 12.3. The van der Waals surface area contributed by atoms with E-state index in [9.17, 15) is 0 Å². The van der Waals surface area contributed by atoms with Gasteiger partial charge in [-0.3, -0.25) is 4.90 Å². The molecular formula is C16H24Cl2N2. The lowest BCUT2D eigenvalue weighted by Crippen LogP contribution is -2.40. The van der Waals surface area contributed by atoms with Crippen molar-refractivity contribution in [2.24, 2.45) is 11.7 Å². The zero-order chi connectivity index (χ0) is 14.7. The molecule has 1 atom stereocenters. The Morgan fingerprint density at radius 3 is 2.50 bits per heavy atom. The highest BCUT2D eigenvalue weighted by atomic mass is 35.5. The maximum Gasteiger partial charge on any atom is 0.0640 e. The van der Waals surface area contributed by atoms with Crippen molar-refractivity contribution in [3.8, 4) is 0 Å². The van der Waals surface area contributed by atoms with Crippen molar-refractivity contribution in [3.63, 3.8) is 0 Å². The molecule has 20 heavy (non-hydrogen) atoms.